The van der Waals surface area contributed by atoms with Gasteiger partial charge in [0.05, 0.1) is 5.02 Å². The maximum atomic E-state index is 13.1. The molecule has 2 rings (SSSR count). The van der Waals surface area contributed by atoms with Crippen LogP contribution in [0.2, 0.25) is 5.02 Å². The van der Waals surface area contributed by atoms with Gasteiger partial charge in [-0.3, -0.25) is 0 Å². The standard InChI is InChI=1S/C14H15ClFNS/c1-2-17-14(11-5-6-18-9-11)8-10-3-4-13(16)12(15)7-10/h3-7,9,14,17H,2,8H2,1H3. The van der Waals surface area contributed by atoms with Crippen molar-refractivity contribution < 1.29 is 4.39 Å². The summed E-state index contributed by atoms with van der Waals surface area (Å²) in [4.78, 5) is 0. The van der Waals surface area contributed by atoms with Crippen LogP contribution in [-0.4, -0.2) is 6.54 Å². The van der Waals surface area contributed by atoms with E-state index in [4.69, 9.17) is 11.6 Å². The second kappa shape index (κ2) is 6.32. The number of hydrogen-bond acceptors (Lipinski definition) is 2. The average Bonchev–Trinajstić information content (AvgIpc) is 2.87. The monoisotopic (exact) mass is 283 g/mol. The molecule has 1 aromatic carbocycles. The average molecular weight is 284 g/mol. The number of rotatable bonds is 5. The maximum absolute atomic E-state index is 13.1. The molecule has 0 bridgehead atoms. The van der Waals surface area contributed by atoms with Crippen molar-refractivity contribution in [1.29, 1.82) is 0 Å². The van der Waals surface area contributed by atoms with E-state index in [-0.39, 0.29) is 16.9 Å². The number of thiophene rings is 1. The lowest BCUT2D eigenvalue weighted by molar-refractivity contribution is 0.550. The summed E-state index contributed by atoms with van der Waals surface area (Å²) >= 11 is 7.49. The Kier molecular flexibility index (Phi) is 4.75. The minimum atomic E-state index is -0.365. The Bertz CT molecular complexity index is 499. The molecule has 18 heavy (non-hydrogen) atoms. The maximum Gasteiger partial charge on any atom is 0.141 e. The zero-order valence-electron chi connectivity index (χ0n) is 10.1. The van der Waals surface area contributed by atoms with E-state index in [0.29, 0.717) is 0 Å². The van der Waals surface area contributed by atoms with Gasteiger partial charge in [0.15, 0.2) is 0 Å². The normalized spacial score (nSPS) is 12.6. The summed E-state index contributed by atoms with van der Waals surface area (Å²) in [5, 5.41) is 7.83. The minimum absolute atomic E-state index is 0.188. The van der Waals surface area contributed by atoms with E-state index in [2.05, 4.69) is 29.1 Å². The summed E-state index contributed by atoms with van der Waals surface area (Å²) in [5.74, 6) is -0.365. The molecule has 0 aliphatic rings. The van der Waals surface area contributed by atoms with E-state index < -0.39 is 0 Å². The van der Waals surface area contributed by atoms with Gasteiger partial charge in [-0.15, -0.1) is 0 Å². The third-order valence-corrected chi connectivity index (χ3v) is 3.81. The van der Waals surface area contributed by atoms with Gasteiger partial charge in [-0.2, -0.15) is 11.3 Å². The second-order valence-electron chi connectivity index (χ2n) is 4.12. The summed E-state index contributed by atoms with van der Waals surface area (Å²) < 4.78 is 13.1. The molecule has 1 unspecified atom stereocenters. The molecule has 2 aromatic rings. The van der Waals surface area contributed by atoms with Crippen LogP contribution in [-0.2, 0) is 6.42 Å². The van der Waals surface area contributed by atoms with Gasteiger partial charge in [0.1, 0.15) is 5.82 Å². The lowest BCUT2D eigenvalue weighted by atomic mass is 10.0. The molecule has 0 saturated heterocycles. The number of nitrogens with one attached hydrogen (secondary N) is 1. The van der Waals surface area contributed by atoms with Gasteiger partial charge in [0.2, 0.25) is 0 Å². The third-order valence-electron chi connectivity index (χ3n) is 2.82. The van der Waals surface area contributed by atoms with Gasteiger partial charge in [0.25, 0.3) is 0 Å². The fourth-order valence-electron chi connectivity index (χ4n) is 1.93. The van der Waals surface area contributed by atoms with Crippen molar-refractivity contribution in [3.05, 3.63) is 57.0 Å². The highest BCUT2D eigenvalue weighted by atomic mass is 35.5. The van der Waals surface area contributed by atoms with E-state index in [1.165, 1.54) is 11.6 Å². The van der Waals surface area contributed by atoms with Crippen LogP contribution >= 0.6 is 22.9 Å². The Morgan fingerprint density at radius 3 is 2.83 bits per heavy atom. The Hall–Kier alpha value is -0.900. The first-order valence-electron chi connectivity index (χ1n) is 5.90. The predicted octanol–water partition coefficient (Wildman–Crippen LogP) is 4.43. The van der Waals surface area contributed by atoms with Crippen LogP contribution in [0.5, 0.6) is 0 Å². The molecular weight excluding hydrogens is 269 g/mol. The minimum Gasteiger partial charge on any atom is -0.310 e. The molecule has 0 aliphatic carbocycles. The van der Waals surface area contributed by atoms with Crippen molar-refractivity contribution in [2.45, 2.75) is 19.4 Å². The molecule has 1 aromatic heterocycles. The van der Waals surface area contributed by atoms with Crippen LogP contribution in [0.25, 0.3) is 0 Å². The Balaban J connectivity index is 2.16. The molecule has 1 heterocycles. The van der Waals surface area contributed by atoms with Gasteiger partial charge in [-0.05, 0) is 53.1 Å². The molecule has 1 nitrogen and oxygen atoms in total. The summed E-state index contributed by atoms with van der Waals surface area (Å²) in [5.41, 5.74) is 2.31. The zero-order chi connectivity index (χ0) is 13.0. The largest absolute Gasteiger partial charge is 0.310 e. The van der Waals surface area contributed by atoms with E-state index >= 15 is 0 Å². The lowest BCUT2D eigenvalue weighted by Gasteiger charge is -2.17. The van der Waals surface area contributed by atoms with Crippen molar-refractivity contribution in [2.24, 2.45) is 0 Å². The van der Waals surface area contributed by atoms with Crippen molar-refractivity contribution in [3.63, 3.8) is 0 Å². The van der Waals surface area contributed by atoms with Crippen molar-refractivity contribution in [2.75, 3.05) is 6.54 Å². The molecule has 0 amide bonds. The molecular formula is C14H15ClFNS. The van der Waals surface area contributed by atoms with Gasteiger partial charge < -0.3 is 5.32 Å². The number of hydrogen-bond donors (Lipinski definition) is 1. The van der Waals surface area contributed by atoms with Crippen LogP contribution in [0, 0.1) is 5.82 Å². The van der Waals surface area contributed by atoms with Gasteiger partial charge in [0, 0.05) is 6.04 Å². The van der Waals surface area contributed by atoms with Crippen molar-refractivity contribution in [1.82, 2.24) is 5.32 Å². The first-order valence-corrected chi connectivity index (χ1v) is 7.22. The Labute approximate surface area is 116 Å². The van der Waals surface area contributed by atoms with Crippen LogP contribution in [0.15, 0.2) is 35.0 Å². The molecule has 0 spiro atoms. The van der Waals surface area contributed by atoms with Gasteiger partial charge >= 0.3 is 0 Å². The van der Waals surface area contributed by atoms with Crippen molar-refractivity contribution >= 4 is 22.9 Å². The molecule has 0 saturated carbocycles. The third kappa shape index (κ3) is 3.31. The smallest absolute Gasteiger partial charge is 0.141 e. The Morgan fingerprint density at radius 1 is 1.39 bits per heavy atom. The molecule has 1 N–H and O–H groups in total. The van der Waals surface area contributed by atoms with Gasteiger partial charge in [-0.1, -0.05) is 24.6 Å². The van der Waals surface area contributed by atoms with Crippen LogP contribution in [0.1, 0.15) is 24.1 Å². The molecule has 96 valence electrons. The first-order chi connectivity index (χ1) is 8.70. The SMILES string of the molecule is CCNC(Cc1ccc(F)c(Cl)c1)c1ccsc1. The van der Waals surface area contributed by atoms with Crippen LogP contribution < -0.4 is 5.32 Å². The van der Waals surface area contributed by atoms with Gasteiger partial charge in [-0.25, -0.2) is 4.39 Å². The summed E-state index contributed by atoms with van der Waals surface area (Å²) in [6.45, 7) is 2.98. The van der Waals surface area contributed by atoms with E-state index in [0.717, 1.165) is 18.5 Å². The topological polar surface area (TPSA) is 12.0 Å². The summed E-state index contributed by atoms with van der Waals surface area (Å²) in [6, 6.07) is 7.28. The highest BCUT2D eigenvalue weighted by Gasteiger charge is 2.12. The Morgan fingerprint density at radius 2 is 2.22 bits per heavy atom. The zero-order valence-corrected chi connectivity index (χ0v) is 11.7. The molecule has 0 aliphatic heterocycles. The predicted molar refractivity (Wildman–Crippen MR) is 75.9 cm³/mol. The number of benzene rings is 1. The second-order valence-corrected chi connectivity index (χ2v) is 5.31. The lowest BCUT2D eigenvalue weighted by Crippen LogP contribution is -2.22. The molecule has 4 heteroatoms. The van der Waals surface area contributed by atoms with E-state index in [9.17, 15) is 4.39 Å². The molecule has 0 radical (unpaired) electrons. The quantitative estimate of drug-likeness (QED) is 0.856. The first kappa shape index (κ1) is 13.5. The number of halogens is 2. The fraction of sp³-hybridized carbons (Fsp3) is 0.286. The fourth-order valence-corrected chi connectivity index (χ4v) is 2.85. The van der Waals surface area contributed by atoms with Crippen molar-refractivity contribution in [3.8, 4) is 0 Å². The van der Waals surface area contributed by atoms with Crippen LogP contribution in [0.3, 0.4) is 0 Å². The number of likely N-dealkylation sites (N-methyl/N-ethyl adjacent to an activating group) is 1. The molecule has 0 fully saturated rings. The summed E-state index contributed by atoms with van der Waals surface area (Å²) in [6.07, 6.45) is 0.810. The molecule has 1 atom stereocenters. The van der Waals surface area contributed by atoms with Crippen LogP contribution in [0.4, 0.5) is 4.39 Å². The highest BCUT2D eigenvalue weighted by Crippen LogP contribution is 2.23. The summed E-state index contributed by atoms with van der Waals surface area (Å²) in [7, 11) is 0. The van der Waals surface area contributed by atoms with E-state index in [1.54, 1.807) is 23.5 Å². The van der Waals surface area contributed by atoms with E-state index in [1.807, 2.05) is 0 Å². The highest BCUT2D eigenvalue weighted by molar-refractivity contribution is 7.07.